The van der Waals surface area contributed by atoms with E-state index in [1.165, 1.54) is 0 Å². The molecule has 0 radical (unpaired) electrons. The van der Waals surface area contributed by atoms with Gasteiger partial charge in [-0.05, 0) is 28.5 Å². The number of aromatic hydroxyl groups is 1. The highest BCUT2D eigenvalue weighted by atomic mass is 79.9. The minimum Gasteiger partial charge on any atom is -0.507 e. The van der Waals surface area contributed by atoms with Crippen molar-refractivity contribution in [1.82, 2.24) is 14.3 Å². The molecule has 32 heavy (non-hydrogen) atoms. The van der Waals surface area contributed by atoms with Crippen molar-refractivity contribution in [3.63, 3.8) is 0 Å². The molecule has 0 unspecified atom stereocenters. The number of hydrogen-bond acceptors (Lipinski definition) is 4. The highest BCUT2D eigenvalue weighted by Gasteiger charge is 2.28. The lowest BCUT2D eigenvalue weighted by Crippen LogP contribution is -2.29. The fraction of sp³-hybridized carbons (Fsp3) is 0.400. The van der Waals surface area contributed by atoms with E-state index >= 15 is 0 Å². The van der Waals surface area contributed by atoms with Crippen molar-refractivity contribution in [3.8, 4) is 5.75 Å². The number of halogens is 1. The Labute approximate surface area is 198 Å². The quantitative estimate of drug-likeness (QED) is 0.495. The molecule has 0 saturated carbocycles. The van der Waals surface area contributed by atoms with Crippen molar-refractivity contribution in [3.05, 3.63) is 76.7 Å². The molecule has 6 nitrogen and oxygen atoms in total. The van der Waals surface area contributed by atoms with E-state index in [-0.39, 0.29) is 28.9 Å². The molecule has 1 N–H and O–H groups in total. The van der Waals surface area contributed by atoms with E-state index in [0.717, 1.165) is 16.7 Å². The van der Waals surface area contributed by atoms with Crippen LogP contribution in [0.4, 0.5) is 0 Å². The second-order valence-corrected chi connectivity index (χ2v) is 10.5. The Morgan fingerprint density at radius 1 is 1.03 bits per heavy atom. The second-order valence-electron chi connectivity index (χ2n) is 10.1. The van der Waals surface area contributed by atoms with Crippen molar-refractivity contribution in [2.24, 2.45) is 4.02 Å². The van der Waals surface area contributed by atoms with Crippen LogP contribution in [0.2, 0.25) is 0 Å². The topological polar surface area (TPSA) is 72.4 Å². The molecule has 3 rings (SSSR count). The van der Waals surface area contributed by atoms with Gasteiger partial charge in [-0.1, -0.05) is 71.9 Å². The summed E-state index contributed by atoms with van der Waals surface area (Å²) in [7, 11) is 0. The highest BCUT2D eigenvalue weighted by molar-refractivity contribution is 9.08. The van der Waals surface area contributed by atoms with Crippen LogP contribution in [-0.4, -0.2) is 25.2 Å². The maximum atomic E-state index is 13.3. The molecule has 0 spiro atoms. The van der Waals surface area contributed by atoms with Crippen LogP contribution >= 0.6 is 16.1 Å². The smallest absolute Gasteiger partial charge is 0.235 e. The summed E-state index contributed by atoms with van der Waals surface area (Å²) >= 11 is 3.18. The summed E-state index contributed by atoms with van der Waals surface area (Å²) in [6.07, 6.45) is 1.68. The molecular formula is C25H31BrN4O2. The number of aromatic nitrogens is 3. The average Bonchev–Trinajstić information content (AvgIpc) is 3.08. The lowest BCUT2D eigenvalue weighted by atomic mass is 9.78. The van der Waals surface area contributed by atoms with Crippen LogP contribution in [0.25, 0.3) is 0 Å². The molecule has 3 aromatic rings. The zero-order valence-corrected chi connectivity index (χ0v) is 21.1. The van der Waals surface area contributed by atoms with E-state index in [4.69, 9.17) is 0 Å². The Hall–Kier alpha value is -2.67. The van der Waals surface area contributed by atoms with Gasteiger partial charge in [-0.2, -0.15) is 9.12 Å². The van der Waals surface area contributed by atoms with Gasteiger partial charge in [0.15, 0.2) is 5.78 Å². The van der Waals surface area contributed by atoms with Crippen LogP contribution in [0, 0.1) is 0 Å². The average molecular weight is 499 g/mol. The van der Waals surface area contributed by atoms with Crippen LogP contribution < -0.4 is 5.62 Å². The van der Waals surface area contributed by atoms with Gasteiger partial charge in [-0.15, -0.1) is 0 Å². The Morgan fingerprint density at radius 2 is 1.59 bits per heavy atom. The first-order chi connectivity index (χ1) is 14.9. The zero-order chi connectivity index (χ0) is 23.7. The summed E-state index contributed by atoms with van der Waals surface area (Å²) in [5.74, 6) is 0.172. The molecule has 2 aromatic carbocycles. The Kier molecular flexibility index (Phi) is 6.79. The van der Waals surface area contributed by atoms with Gasteiger partial charge >= 0.3 is 0 Å². The molecule has 0 fully saturated rings. The number of ketones is 1. The van der Waals surface area contributed by atoms with Gasteiger partial charge in [0.25, 0.3) is 0 Å². The van der Waals surface area contributed by atoms with Crippen LogP contribution in [0.3, 0.4) is 0 Å². The number of carbonyl (C=O) groups is 1. The molecule has 0 aliphatic rings. The summed E-state index contributed by atoms with van der Waals surface area (Å²) in [5.41, 5.74) is 3.14. The SMILES string of the molecule is CC(C)(C)c1cc(C(=O)Cn2ncn(Cc3ccccc3)c2=NBr)cc(C(C)(C)C)c1O. The normalized spacial score (nSPS) is 12.9. The molecule has 170 valence electrons. The third kappa shape index (κ3) is 5.21. The third-order valence-electron chi connectivity index (χ3n) is 5.43. The van der Waals surface area contributed by atoms with Crippen molar-refractivity contribution < 1.29 is 9.90 Å². The van der Waals surface area contributed by atoms with Gasteiger partial charge < -0.3 is 5.11 Å². The lowest BCUT2D eigenvalue weighted by molar-refractivity contribution is 0.0965. The highest BCUT2D eigenvalue weighted by Crippen LogP contribution is 2.39. The van der Waals surface area contributed by atoms with E-state index in [1.807, 2.05) is 76.4 Å². The summed E-state index contributed by atoms with van der Waals surface area (Å²) in [6.45, 7) is 12.8. The first kappa shape index (κ1) is 24.0. The van der Waals surface area contributed by atoms with Gasteiger partial charge in [0, 0.05) is 16.7 Å². The molecule has 0 aliphatic heterocycles. The molecule has 0 atom stereocenters. The Balaban J connectivity index is 1.97. The van der Waals surface area contributed by atoms with E-state index in [9.17, 15) is 9.90 Å². The molecule has 0 amide bonds. The van der Waals surface area contributed by atoms with Crippen LogP contribution in [-0.2, 0) is 23.9 Å². The first-order valence-corrected chi connectivity index (χ1v) is 11.3. The van der Waals surface area contributed by atoms with Gasteiger partial charge in [-0.3, -0.25) is 9.36 Å². The monoisotopic (exact) mass is 498 g/mol. The number of hydrogen-bond donors (Lipinski definition) is 1. The van der Waals surface area contributed by atoms with Gasteiger partial charge in [0.05, 0.1) is 22.7 Å². The number of rotatable bonds is 5. The summed E-state index contributed by atoms with van der Waals surface area (Å²) in [5, 5.41) is 15.3. The maximum absolute atomic E-state index is 13.3. The van der Waals surface area contributed by atoms with Crippen molar-refractivity contribution in [1.29, 1.82) is 0 Å². The third-order valence-corrected chi connectivity index (χ3v) is 5.75. The van der Waals surface area contributed by atoms with E-state index in [2.05, 4.69) is 25.3 Å². The molecule has 1 aromatic heterocycles. The van der Waals surface area contributed by atoms with Crippen LogP contribution in [0.15, 0.2) is 52.8 Å². The molecular weight excluding hydrogens is 468 g/mol. The fourth-order valence-electron chi connectivity index (χ4n) is 3.64. The molecule has 0 saturated heterocycles. The Bertz CT molecular complexity index is 1140. The maximum Gasteiger partial charge on any atom is 0.235 e. The minimum atomic E-state index is -0.304. The number of carbonyl (C=O) groups excluding carboxylic acids is 1. The van der Waals surface area contributed by atoms with E-state index < -0.39 is 0 Å². The van der Waals surface area contributed by atoms with Gasteiger partial charge in [0.2, 0.25) is 5.62 Å². The predicted molar refractivity (Wildman–Crippen MR) is 130 cm³/mol. The second kappa shape index (κ2) is 9.06. The van der Waals surface area contributed by atoms with E-state index in [1.54, 1.807) is 23.1 Å². The van der Waals surface area contributed by atoms with Gasteiger partial charge in [0.1, 0.15) is 18.6 Å². The minimum absolute atomic E-state index is 0.0458. The Morgan fingerprint density at radius 3 is 2.09 bits per heavy atom. The van der Waals surface area contributed by atoms with E-state index in [0.29, 0.717) is 17.7 Å². The predicted octanol–water partition coefficient (Wildman–Crippen LogP) is 5.13. The fourth-order valence-corrected chi connectivity index (χ4v) is 4.02. The van der Waals surface area contributed by atoms with Crippen molar-refractivity contribution in [2.45, 2.75) is 65.5 Å². The number of nitrogens with zero attached hydrogens (tertiary/aromatic N) is 4. The van der Waals surface area contributed by atoms with Crippen LogP contribution in [0.1, 0.15) is 68.6 Å². The summed E-state index contributed by atoms with van der Waals surface area (Å²) in [6, 6.07) is 13.6. The van der Waals surface area contributed by atoms with Crippen molar-refractivity contribution in [2.75, 3.05) is 0 Å². The molecule has 0 bridgehead atoms. The molecule has 7 heteroatoms. The zero-order valence-electron chi connectivity index (χ0n) is 19.6. The van der Waals surface area contributed by atoms with Gasteiger partial charge in [-0.25, -0.2) is 4.68 Å². The van der Waals surface area contributed by atoms with Crippen LogP contribution in [0.5, 0.6) is 5.75 Å². The number of Topliss-reactive ketones (excluding diaryl/α,β-unsaturated/α-hetero) is 1. The largest absolute Gasteiger partial charge is 0.507 e. The summed E-state index contributed by atoms with van der Waals surface area (Å²) in [4.78, 5) is 13.3. The van der Waals surface area contributed by atoms with Crippen molar-refractivity contribution >= 4 is 21.9 Å². The number of phenols is 1. The first-order valence-electron chi connectivity index (χ1n) is 10.6. The molecule has 1 heterocycles. The number of phenolic OH excluding ortho intramolecular Hbond substituents is 1. The molecule has 0 aliphatic carbocycles. The lowest BCUT2D eigenvalue weighted by Gasteiger charge is -2.28. The standard InChI is InChI=1S/C25H31BrN4O2/c1-24(2,3)19-12-18(13-20(22(19)32)25(4,5)6)21(31)15-30-23(28-26)29(16-27-30)14-17-10-8-7-9-11-17/h7-13,16,32H,14-15H2,1-6H3. The summed E-state index contributed by atoms with van der Waals surface area (Å²) < 4.78 is 7.65. The number of benzene rings is 2.